The predicted octanol–water partition coefficient (Wildman–Crippen LogP) is 2.31. The highest BCUT2D eigenvalue weighted by atomic mass is 32.1. The second-order valence-corrected chi connectivity index (χ2v) is 5.87. The van der Waals surface area contributed by atoms with Crippen molar-refractivity contribution in [2.24, 2.45) is 0 Å². The first kappa shape index (κ1) is 14.3. The second-order valence-electron chi connectivity index (χ2n) is 4.98. The number of hydrogen-bond acceptors (Lipinski definition) is 7. The number of anilines is 2. The van der Waals surface area contributed by atoms with Gasteiger partial charge in [0.25, 0.3) is 5.91 Å². The molecule has 0 aliphatic rings. The average Bonchev–Trinajstić information content (AvgIpc) is 3.27. The van der Waals surface area contributed by atoms with Crippen LogP contribution in [0.25, 0.3) is 21.6 Å². The molecule has 0 saturated carbocycles. The summed E-state index contributed by atoms with van der Waals surface area (Å²) < 4.78 is 0. The molecule has 1 aromatic carbocycles. The third-order valence-electron chi connectivity index (χ3n) is 3.43. The Labute approximate surface area is 139 Å². The zero-order chi connectivity index (χ0) is 16.5. The fraction of sp³-hybridized carbons (Fsp3) is 0. The Kier molecular flexibility index (Phi) is 3.39. The first-order chi connectivity index (χ1) is 11.7. The summed E-state index contributed by atoms with van der Waals surface area (Å²) >= 11 is 1.51. The number of H-pyrrole nitrogens is 1. The molecule has 118 valence electrons. The molecule has 3 aromatic heterocycles. The lowest BCUT2D eigenvalue weighted by Gasteiger charge is -2.09. The summed E-state index contributed by atoms with van der Waals surface area (Å²) in [6, 6.07) is 8.72. The van der Waals surface area contributed by atoms with Gasteiger partial charge in [0.15, 0.2) is 0 Å². The Morgan fingerprint density at radius 2 is 2.12 bits per heavy atom. The van der Waals surface area contributed by atoms with E-state index in [1.165, 1.54) is 11.3 Å². The van der Waals surface area contributed by atoms with Crippen LogP contribution in [-0.2, 0) is 0 Å². The van der Waals surface area contributed by atoms with Crippen molar-refractivity contribution in [1.29, 1.82) is 0 Å². The lowest BCUT2D eigenvalue weighted by atomic mass is 10.1. The second kappa shape index (κ2) is 5.70. The summed E-state index contributed by atoms with van der Waals surface area (Å²) in [4.78, 5) is 21.7. The molecule has 9 heteroatoms. The van der Waals surface area contributed by atoms with Gasteiger partial charge in [-0.05, 0) is 29.8 Å². The lowest BCUT2D eigenvalue weighted by Crippen LogP contribution is -2.14. The summed E-state index contributed by atoms with van der Waals surface area (Å²) in [5.74, 6) is -0.368. The molecule has 1 amide bonds. The Hall–Kier alpha value is -3.33. The van der Waals surface area contributed by atoms with Crippen molar-refractivity contribution < 1.29 is 4.79 Å². The minimum atomic E-state index is -0.368. The smallest absolute Gasteiger partial charge is 0.274 e. The van der Waals surface area contributed by atoms with E-state index in [1.54, 1.807) is 29.9 Å². The number of pyridine rings is 1. The molecule has 8 nitrogen and oxygen atoms in total. The van der Waals surface area contributed by atoms with E-state index < -0.39 is 0 Å². The third-order valence-corrected chi connectivity index (χ3v) is 4.25. The van der Waals surface area contributed by atoms with Gasteiger partial charge in [0, 0.05) is 6.20 Å². The Morgan fingerprint density at radius 1 is 1.21 bits per heavy atom. The van der Waals surface area contributed by atoms with E-state index in [2.05, 4.69) is 30.7 Å². The van der Waals surface area contributed by atoms with Crippen LogP contribution >= 0.6 is 11.3 Å². The van der Waals surface area contributed by atoms with Gasteiger partial charge in [-0.2, -0.15) is 10.3 Å². The number of benzene rings is 1. The standard InChI is InChI=1S/C15H11N7OS/c16-9-2-1-8(13-6-17-7-24-13)5-12(9)19-15(23)11-4-3-10-14(18-11)21-22-20-10/h1-7H,16H2,(H,19,23)(H,18,20,21,22). The first-order valence-corrected chi connectivity index (χ1v) is 7.86. The molecular formula is C15H11N7OS. The van der Waals surface area contributed by atoms with Gasteiger partial charge in [0.2, 0.25) is 5.65 Å². The monoisotopic (exact) mass is 337 g/mol. The quantitative estimate of drug-likeness (QED) is 0.493. The number of hydrogen-bond donors (Lipinski definition) is 3. The first-order valence-electron chi connectivity index (χ1n) is 6.98. The fourth-order valence-corrected chi connectivity index (χ4v) is 2.85. The van der Waals surface area contributed by atoms with Crippen LogP contribution in [0.15, 0.2) is 42.0 Å². The fourth-order valence-electron chi connectivity index (χ4n) is 2.23. The molecule has 0 unspecified atom stereocenters. The van der Waals surface area contributed by atoms with Gasteiger partial charge in [-0.1, -0.05) is 6.07 Å². The van der Waals surface area contributed by atoms with Gasteiger partial charge in [-0.25, -0.2) is 4.98 Å². The number of aromatic nitrogens is 5. The number of nitrogens with zero attached hydrogens (tertiary/aromatic N) is 4. The highest BCUT2D eigenvalue weighted by Crippen LogP contribution is 2.29. The van der Waals surface area contributed by atoms with Gasteiger partial charge >= 0.3 is 0 Å². The molecule has 0 spiro atoms. The van der Waals surface area contributed by atoms with Gasteiger partial charge in [-0.15, -0.1) is 16.4 Å². The van der Waals surface area contributed by atoms with Crippen molar-refractivity contribution in [2.45, 2.75) is 0 Å². The van der Waals surface area contributed by atoms with Crippen molar-refractivity contribution in [3.8, 4) is 10.4 Å². The Morgan fingerprint density at radius 3 is 2.96 bits per heavy atom. The number of carbonyl (C=O) groups excluding carboxylic acids is 1. The van der Waals surface area contributed by atoms with Crippen LogP contribution in [0.5, 0.6) is 0 Å². The zero-order valence-corrected chi connectivity index (χ0v) is 13.0. The van der Waals surface area contributed by atoms with Crippen LogP contribution in [0.3, 0.4) is 0 Å². The molecule has 4 aromatic rings. The van der Waals surface area contributed by atoms with Crippen molar-refractivity contribution in [3.05, 3.63) is 47.7 Å². The lowest BCUT2D eigenvalue weighted by molar-refractivity contribution is 0.102. The predicted molar refractivity (Wildman–Crippen MR) is 91.6 cm³/mol. The molecular weight excluding hydrogens is 326 g/mol. The number of rotatable bonds is 3. The zero-order valence-electron chi connectivity index (χ0n) is 12.2. The van der Waals surface area contributed by atoms with Gasteiger partial charge in [0.1, 0.15) is 11.2 Å². The molecule has 0 radical (unpaired) electrons. The molecule has 0 aliphatic heterocycles. The topological polar surface area (TPSA) is 122 Å². The van der Waals surface area contributed by atoms with Crippen molar-refractivity contribution in [3.63, 3.8) is 0 Å². The summed E-state index contributed by atoms with van der Waals surface area (Å²) in [5, 5.41) is 13.0. The number of thiazole rings is 1. The molecule has 4 rings (SSSR count). The highest BCUT2D eigenvalue weighted by molar-refractivity contribution is 7.13. The van der Waals surface area contributed by atoms with E-state index >= 15 is 0 Å². The molecule has 0 atom stereocenters. The molecule has 0 aliphatic carbocycles. The highest BCUT2D eigenvalue weighted by Gasteiger charge is 2.13. The molecule has 0 saturated heterocycles. The minimum Gasteiger partial charge on any atom is -0.397 e. The molecule has 0 fully saturated rings. The van der Waals surface area contributed by atoms with Crippen LogP contribution in [-0.4, -0.2) is 31.3 Å². The van der Waals surface area contributed by atoms with Gasteiger partial charge in [-0.3, -0.25) is 9.78 Å². The number of carbonyl (C=O) groups is 1. The molecule has 3 heterocycles. The largest absolute Gasteiger partial charge is 0.397 e. The minimum absolute atomic E-state index is 0.235. The Bertz CT molecular complexity index is 1030. The maximum atomic E-state index is 12.4. The van der Waals surface area contributed by atoms with Crippen LogP contribution < -0.4 is 11.1 Å². The Balaban J connectivity index is 1.64. The van der Waals surface area contributed by atoms with E-state index in [9.17, 15) is 4.79 Å². The number of aromatic amines is 1. The van der Waals surface area contributed by atoms with E-state index in [1.807, 2.05) is 12.1 Å². The summed E-state index contributed by atoms with van der Waals surface area (Å²) in [6.45, 7) is 0. The number of nitrogen functional groups attached to an aromatic ring is 1. The van der Waals surface area contributed by atoms with Crippen molar-refractivity contribution in [2.75, 3.05) is 11.1 Å². The maximum absolute atomic E-state index is 12.4. The van der Waals surface area contributed by atoms with E-state index in [0.29, 0.717) is 22.5 Å². The maximum Gasteiger partial charge on any atom is 0.274 e. The third kappa shape index (κ3) is 2.57. The number of nitrogens with one attached hydrogen (secondary N) is 2. The van der Waals surface area contributed by atoms with Crippen LogP contribution in [0.1, 0.15) is 10.5 Å². The molecule has 24 heavy (non-hydrogen) atoms. The summed E-state index contributed by atoms with van der Waals surface area (Å²) in [5.41, 5.74) is 10.9. The van der Waals surface area contributed by atoms with Crippen LogP contribution in [0, 0.1) is 0 Å². The number of amides is 1. The van der Waals surface area contributed by atoms with E-state index in [4.69, 9.17) is 5.73 Å². The van der Waals surface area contributed by atoms with Gasteiger partial charge in [0.05, 0.1) is 21.8 Å². The van der Waals surface area contributed by atoms with Crippen molar-refractivity contribution in [1.82, 2.24) is 25.4 Å². The SMILES string of the molecule is Nc1ccc(-c2cncs2)cc1NC(=O)c1ccc2n[nH]nc2n1. The van der Waals surface area contributed by atoms with Gasteiger partial charge < -0.3 is 11.1 Å². The normalized spacial score (nSPS) is 10.8. The summed E-state index contributed by atoms with van der Waals surface area (Å²) in [7, 11) is 0. The van der Waals surface area contributed by atoms with Crippen molar-refractivity contribution >= 4 is 39.8 Å². The average molecular weight is 337 g/mol. The van der Waals surface area contributed by atoms with Crippen LogP contribution in [0.2, 0.25) is 0 Å². The molecule has 0 bridgehead atoms. The number of fused-ring (bicyclic) bond motifs is 1. The molecule has 4 N–H and O–H groups in total. The summed E-state index contributed by atoms with van der Waals surface area (Å²) in [6.07, 6.45) is 1.77. The van der Waals surface area contributed by atoms with E-state index in [0.717, 1.165) is 10.4 Å². The van der Waals surface area contributed by atoms with Crippen LogP contribution in [0.4, 0.5) is 11.4 Å². The van der Waals surface area contributed by atoms with E-state index in [-0.39, 0.29) is 11.6 Å². The number of nitrogens with two attached hydrogens (primary N) is 1.